The molecule has 2 N–H and O–H groups in total. The van der Waals surface area contributed by atoms with Gasteiger partial charge in [-0.2, -0.15) is 0 Å². The lowest BCUT2D eigenvalue weighted by molar-refractivity contribution is 0.570. The molecule has 120 valence electrons. The van der Waals surface area contributed by atoms with Crippen molar-refractivity contribution in [1.82, 2.24) is 9.71 Å². The van der Waals surface area contributed by atoms with Crippen molar-refractivity contribution in [2.45, 2.75) is 24.8 Å². The fourth-order valence-corrected chi connectivity index (χ4v) is 4.26. The first-order valence-corrected chi connectivity index (χ1v) is 9.13. The molecule has 0 aliphatic carbocycles. The Kier molecular flexibility index (Phi) is 4.19. The predicted octanol–water partition coefficient (Wildman–Crippen LogP) is 4.18. The zero-order valence-electron chi connectivity index (χ0n) is 12.8. The molecule has 0 atom stereocenters. The molecule has 3 rings (SSSR count). The van der Waals surface area contributed by atoms with E-state index in [9.17, 15) is 8.42 Å². The largest absolute Gasteiger partial charge is 0.355 e. The number of halogens is 1. The summed E-state index contributed by atoms with van der Waals surface area (Å²) in [5, 5.41) is 1.28. The van der Waals surface area contributed by atoms with Gasteiger partial charge < -0.3 is 4.98 Å². The van der Waals surface area contributed by atoms with Gasteiger partial charge in [0.1, 0.15) is 4.90 Å². The molecule has 1 aromatic heterocycles. The molecule has 0 aliphatic heterocycles. The van der Waals surface area contributed by atoms with Gasteiger partial charge in [-0.3, -0.25) is 0 Å². The van der Waals surface area contributed by atoms with E-state index >= 15 is 0 Å². The number of benzene rings is 2. The Bertz CT molecular complexity index is 929. The van der Waals surface area contributed by atoms with Crippen LogP contribution in [0.1, 0.15) is 13.8 Å². The van der Waals surface area contributed by atoms with Gasteiger partial charge in [-0.1, -0.05) is 35.9 Å². The Balaban J connectivity index is 2.10. The van der Waals surface area contributed by atoms with Crippen LogP contribution in [-0.2, 0) is 10.0 Å². The zero-order valence-corrected chi connectivity index (χ0v) is 14.4. The molecule has 0 radical (unpaired) electrons. The van der Waals surface area contributed by atoms with E-state index in [2.05, 4.69) is 9.71 Å². The lowest BCUT2D eigenvalue weighted by Crippen LogP contribution is -2.30. The number of nitrogens with one attached hydrogen (secondary N) is 2. The van der Waals surface area contributed by atoms with Crippen LogP contribution < -0.4 is 4.72 Å². The number of sulfonamides is 1. The first-order chi connectivity index (χ1) is 10.9. The van der Waals surface area contributed by atoms with Gasteiger partial charge in [0.05, 0.1) is 5.02 Å². The van der Waals surface area contributed by atoms with Crippen molar-refractivity contribution in [2.75, 3.05) is 0 Å². The van der Waals surface area contributed by atoms with Crippen molar-refractivity contribution < 1.29 is 8.42 Å². The van der Waals surface area contributed by atoms with Gasteiger partial charge in [-0.25, -0.2) is 13.1 Å². The van der Waals surface area contributed by atoms with Crippen molar-refractivity contribution in [3.05, 3.63) is 53.6 Å². The van der Waals surface area contributed by atoms with Crippen LogP contribution in [0, 0.1) is 0 Å². The van der Waals surface area contributed by atoms with Gasteiger partial charge in [0.2, 0.25) is 10.0 Å². The molecule has 3 aromatic rings. The summed E-state index contributed by atoms with van der Waals surface area (Å²) in [6.07, 6.45) is 0. The Hall–Kier alpha value is -1.82. The Morgan fingerprint density at radius 3 is 2.52 bits per heavy atom. The van der Waals surface area contributed by atoms with Crippen LogP contribution >= 0.6 is 11.6 Å². The molecule has 4 nitrogen and oxygen atoms in total. The minimum Gasteiger partial charge on any atom is -0.355 e. The summed E-state index contributed by atoms with van der Waals surface area (Å²) in [6.45, 7) is 3.54. The van der Waals surface area contributed by atoms with Crippen LogP contribution in [0.15, 0.2) is 53.4 Å². The van der Waals surface area contributed by atoms with Crippen LogP contribution in [0.25, 0.3) is 22.2 Å². The van der Waals surface area contributed by atoms with E-state index in [4.69, 9.17) is 11.6 Å². The standard InChI is InChI=1S/C17H17ClN2O2S/c1-11(2)20-23(21,22)17-10-13(7-8-14(17)18)16-9-12-5-3-4-6-15(12)19-16/h3-11,19-20H,1-2H3. The number of aromatic nitrogens is 1. The highest BCUT2D eigenvalue weighted by Gasteiger charge is 2.20. The van der Waals surface area contributed by atoms with Gasteiger partial charge >= 0.3 is 0 Å². The third-order valence-electron chi connectivity index (χ3n) is 3.45. The Labute approximate surface area is 140 Å². The van der Waals surface area contributed by atoms with Crippen LogP contribution in [0.4, 0.5) is 0 Å². The van der Waals surface area contributed by atoms with Crippen LogP contribution in [0.2, 0.25) is 5.02 Å². The lowest BCUT2D eigenvalue weighted by Gasteiger charge is -2.12. The monoisotopic (exact) mass is 348 g/mol. The molecule has 1 heterocycles. The quantitative estimate of drug-likeness (QED) is 0.743. The molecule has 0 bridgehead atoms. The number of fused-ring (bicyclic) bond motifs is 1. The fourth-order valence-electron chi connectivity index (χ4n) is 2.48. The summed E-state index contributed by atoms with van der Waals surface area (Å²) >= 11 is 6.10. The van der Waals surface area contributed by atoms with Crippen LogP contribution in [0.3, 0.4) is 0 Å². The predicted molar refractivity (Wildman–Crippen MR) is 94.2 cm³/mol. The Morgan fingerprint density at radius 2 is 1.83 bits per heavy atom. The molecule has 6 heteroatoms. The minimum atomic E-state index is -3.65. The van der Waals surface area contributed by atoms with E-state index in [0.717, 1.165) is 22.2 Å². The highest BCUT2D eigenvalue weighted by molar-refractivity contribution is 7.89. The van der Waals surface area contributed by atoms with E-state index in [1.807, 2.05) is 30.3 Å². The van der Waals surface area contributed by atoms with Crippen molar-refractivity contribution in [2.24, 2.45) is 0 Å². The molecular weight excluding hydrogens is 332 g/mol. The van der Waals surface area contributed by atoms with Gasteiger partial charge in [0.25, 0.3) is 0 Å². The smallest absolute Gasteiger partial charge is 0.242 e. The third kappa shape index (κ3) is 3.27. The molecular formula is C17H17ClN2O2S. The number of hydrogen-bond acceptors (Lipinski definition) is 2. The normalized spacial score (nSPS) is 12.2. The number of aromatic amines is 1. The molecule has 0 fully saturated rings. The molecule has 0 saturated carbocycles. The number of rotatable bonds is 4. The molecule has 23 heavy (non-hydrogen) atoms. The molecule has 0 amide bonds. The van der Waals surface area contributed by atoms with Crippen LogP contribution in [-0.4, -0.2) is 19.4 Å². The molecule has 0 spiro atoms. The second-order valence-corrected chi connectivity index (χ2v) is 7.78. The van der Waals surface area contributed by atoms with E-state index in [0.29, 0.717) is 0 Å². The number of hydrogen-bond donors (Lipinski definition) is 2. The van der Waals surface area contributed by atoms with E-state index in [1.165, 1.54) is 0 Å². The maximum atomic E-state index is 12.4. The molecule has 0 saturated heterocycles. The summed E-state index contributed by atoms with van der Waals surface area (Å²) in [6, 6.07) is 14.7. The number of para-hydroxylation sites is 1. The Morgan fingerprint density at radius 1 is 1.09 bits per heavy atom. The average molecular weight is 349 g/mol. The van der Waals surface area contributed by atoms with Gasteiger partial charge in [-0.15, -0.1) is 0 Å². The van der Waals surface area contributed by atoms with E-state index in [1.54, 1.807) is 32.0 Å². The van der Waals surface area contributed by atoms with Crippen molar-refractivity contribution >= 4 is 32.5 Å². The van der Waals surface area contributed by atoms with Gasteiger partial charge in [-0.05, 0) is 43.7 Å². The lowest BCUT2D eigenvalue weighted by atomic mass is 10.1. The highest BCUT2D eigenvalue weighted by Crippen LogP contribution is 2.29. The summed E-state index contributed by atoms with van der Waals surface area (Å²) < 4.78 is 27.4. The summed E-state index contributed by atoms with van der Waals surface area (Å²) in [5.74, 6) is 0. The SMILES string of the molecule is CC(C)NS(=O)(=O)c1cc(-c2cc3ccccc3[nH]2)ccc1Cl. The van der Waals surface area contributed by atoms with Gasteiger partial charge in [0.15, 0.2) is 0 Å². The second kappa shape index (κ2) is 6.00. The van der Waals surface area contributed by atoms with E-state index in [-0.39, 0.29) is 16.0 Å². The molecule has 2 aromatic carbocycles. The average Bonchev–Trinajstić information content (AvgIpc) is 2.90. The fraction of sp³-hybridized carbons (Fsp3) is 0.176. The van der Waals surface area contributed by atoms with Crippen molar-refractivity contribution in [3.63, 3.8) is 0 Å². The van der Waals surface area contributed by atoms with E-state index < -0.39 is 10.0 Å². The highest BCUT2D eigenvalue weighted by atomic mass is 35.5. The molecule has 0 aliphatic rings. The summed E-state index contributed by atoms with van der Waals surface area (Å²) in [7, 11) is -3.65. The maximum absolute atomic E-state index is 12.4. The minimum absolute atomic E-state index is 0.0871. The zero-order chi connectivity index (χ0) is 16.6. The van der Waals surface area contributed by atoms with Crippen LogP contribution in [0.5, 0.6) is 0 Å². The molecule has 0 unspecified atom stereocenters. The van der Waals surface area contributed by atoms with Gasteiger partial charge in [0, 0.05) is 22.6 Å². The first-order valence-electron chi connectivity index (χ1n) is 7.27. The first kappa shape index (κ1) is 16.1. The van der Waals surface area contributed by atoms with Crippen molar-refractivity contribution in [3.8, 4) is 11.3 Å². The third-order valence-corrected chi connectivity index (χ3v) is 5.59. The summed E-state index contributed by atoms with van der Waals surface area (Å²) in [5.41, 5.74) is 2.63. The second-order valence-electron chi connectivity index (χ2n) is 5.69. The van der Waals surface area contributed by atoms with Crippen molar-refractivity contribution in [1.29, 1.82) is 0 Å². The topological polar surface area (TPSA) is 62.0 Å². The number of H-pyrrole nitrogens is 1. The maximum Gasteiger partial charge on any atom is 0.242 e. The summed E-state index contributed by atoms with van der Waals surface area (Å²) in [4.78, 5) is 3.38.